The van der Waals surface area contributed by atoms with E-state index in [1.165, 1.54) is 7.11 Å². The molecular weight excluding hydrogens is 359 g/mol. The second-order valence-corrected chi connectivity index (χ2v) is 4.17. The van der Waals surface area contributed by atoms with Crippen LogP contribution in [0.15, 0.2) is 24.3 Å². The molecule has 134 valence electrons. The molecule has 0 unspecified atom stereocenters. The van der Waals surface area contributed by atoms with E-state index in [9.17, 15) is 42.2 Å². The molecule has 0 heterocycles. The zero-order chi connectivity index (χ0) is 19.3. The van der Waals surface area contributed by atoms with Crippen molar-refractivity contribution in [2.24, 2.45) is 0 Å². The number of ether oxygens (including phenoxy) is 1. The van der Waals surface area contributed by atoms with Crippen LogP contribution in [0.5, 0.6) is 5.75 Å². The van der Waals surface area contributed by atoms with Crippen molar-refractivity contribution in [2.45, 2.75) is 0 Å². The smallest absolute Gasteiger partial charge is 0.340 e. The number of hydrogen-bond donors (Lipinski definition) is 0. The Morgan fingerprint density at radius 2 is 1.08 bits per heavy atom. The third-order valence-corrected chi connectivity index (χ3v) is 2.57. The van der Waals surface area contributed by atoms with Gasteiger partial charge in [0, 0.05) is 24.3 Å². The van der Waals surface area contributed by atoms with Crippen LogP contribution in [-0.2, 0) is 0 Å². The van der Waals surface area contributed by atoms with Gasteiger partial charge in [0.25, 0.3) is 0 Å². The molecule has 0 bridgehead atoms. The van der Waals surface area contributed by atoms with E-state index < -0.39 is 50.3 Å². The van der Waals surface area contributed by atoms with Gasteiger partial charge >= 0.3 is 11.4 Å². The molecule has 0 radical (unpaired) electrons. The summed E-state index contributed by atoms with van der Waals surface area (Å²) in [6.07, 6.45) is 0. The highest BCUT2D eigenvalue weighted by atomic mass is 19.2. The Labute approximate surface area is 135 Å². The van der Waals surface area contributed by atoms with Crippen LogP contribution in [0.25, 0.3) is 0 Å². The summed E-state index contributed by atoms with van der Waals surface area (Å²) < 4.78 is 67.1. The molecule has 0 aliphatic rings. The largest absolute Gasteiger partial charge is 0.497 e. The predicted octanol–water partition coefficient (Wildman–Crippen LogP) is 3.89. The lowest BCUT2D eigenvalue weighted by Gasteiger charge is -2.00. The molecule has 0 atom stereocenters. The fourth-order valence-corrected chi connectivity index (χ4v) is 1.54. The molecule has 0 aromatic heterocycles. The molecule has 0 N–H and O–H groups in total. The Morgan fingerprint density at radius 1 is 0.760 bits per heavy atom. The van der Waals surface area contributed by atoms with Gasteiger partial charge in [-0.3, -0.25) is 20.2 Å². The number of methoxy groups -OCH3 is 1. The molecule has 0 saturated heterocycles. The minimum Gasteiger partial charge on any atom is -0.497 e. The van der Waals surface area contributed by atoms with Gasteiger partial charge in [0.1, 0.15) is 11.6 Å². The van der Waals surface area contributed by atoms with Crippen LogP contribution < -0.4 is 4.74 Å². The van der Waals surface area contributed by atoms with E-state index in [1.54, 1.807) is 0 Å². The molecule has 2 rings (SSSR count). The highest BCUT2D eigenvalue weighted by Crippen LogP contribution is 2.26. The molecule has 0 aliphatic carbocycles. The van der Waals surface area contributed by atoms with Crippen molar-refractivity contribution in [1.82, 2.24) is 0 Å². The van der Waals surface area contributed by atoms with E-state index in [0.717, 1.165) is 12.1 Å². The molecule has 0 spiro atoms. The summed E-state index contributed by atoms with van der Waals surface area (Å²) in [5, 5.41) is 20.1. The standard InChI is InChI=1S/C7H5F2NO3.C6H2F3NO2/c1-13-4-2-5(8)7(10(11)12)6(9)3-4;7-3-1-4(8)6(10(11)12)5(9)2-3/h2-3H,1H3;1-2H. The minimum absolute atomic E-state index is 0.0967. The Morgan fingerprint density at radius 3 is 1.36 bits per heavy atom. The first kappa shape index (κ1) is 19.7. The van der Waals surface area contributed by atoms with Crippen LogP contribution in [0.2, 0.25) is 0 Å². The van der Waals surface area contributed by atoms with Crippen molar-refractivity contribution in [1.29, 1.82) is 0 Å². The van der Waals surface area contributed by atoms with Gasteiger partial charge in [0.2, 0.25) is 23.3 Å². The van der Waals surface area contributed by atoms with Gasteiger partial charge in [-0.1, -0.05) is 0 Å². The van der Waals surface area contributed by atoms with Crippen LogP contribution in [0.1, 0.15) is 0 Å². The number of halogens is 5. The van der Waals surface area contributed by atoms with Crippen LogP contribution in [-0.4, -0.2) is 17.0 Å². The topological polar surface area (TPSA) is 95.5 Å². The summed E-state index contributed by atoms with van der Waals surface area (Å²) >= 11 is 0. The second-order valence-electron chi connectivity index (χ2n) is 4.17. The highest BCUT2D eigenvalue weighted by Gasteiger charge is 2.22. The fraction of sp³-hybridized carbons (Fsp3) is 0.0769. The Hall–Kier alpha value is -3.31. The van der Waals surface area contributed by atoms with Gasteiger partial charge in [-0.15, -0.1) is 0 Å². The average molecular weight is 366 g/mol. The highest BCUT2D eigenvalue weighted by molar-refractivity contribution is 5.39. The van der Waals surface area contributed by atoms with E-state index in [-0.39, 0.29) is 17.9 Å². The molecule has 12 heteroatoms. The lowest BCUT2D eigenvalue weighted by molar-refractivity contribution is -0.390. The number of nitro groups is 2. The molecule has 0 saturated carbocycles. The molecule has 2 aromatic rings. The number of rotatable bonds is 3. The lowest BCUT2D eigenvalue weighted by Crippen LogP contribution is -1.97. The van der Waals surface area contributed by atoms with Gasteiger partial charge < -0.3 is 4.74 Å². The van der Waals surface area contributed by atoms with E-state index >= 15 is 0 Å². The molecule has 0 fully saturated rings. The van der Waals surface area contributed by atoms with E-state index in [2.05, 4.69) is 4.74 Å². The summed E-state index contributed by atoms with van der Waals surface area (Å²) in [6, 6.07) is 2.00. The normalized spacial score (nSPS) is 9.84. The molecule has 0 amide bonds. The first-order valence-corrected chi connectivity index (χ1v) is 6.04. The quantitative estimate of drug-likeness (QED) is 0.466. The number of nitrogens with zero attached hydrogens (tertiary/aromatic N) is 2. The van der Waals surface area contributed by atoms with Crippen molar-refractivity contribution < 1.29 is 36.5 Å². The average Bonchev–Trinajstić information content (AvgIpc) is 2.44. The van der Waals surface area contributed by atoms with Gasteiger partial charge in [-0.05, 0) is 0 Å². The summed E-state index contributed by atoms with van der Waals surface area (Å²) in [4.78, 5) is 17.7. The Balaban J connectivity index is 0.000000251. The maximum atomic E-state index is 12.8. The zero-order valence-electron chi connectivity index (χ0n) is 12.1. The third-order valence-electron chi connectivity index (χ3n) is 2.57. The fourth-order valence-electron chi connectivity index (χ4n) is 1.54. The maximum absolute atomic E-state index is 12.8. The van der Waals surface area contributed by atoms with Crippen molar-refractivity contribution in [3.05, 3.63) is 73.6 Å². The monoisotopic (exact) mass is 366 g/mol. The molecule has 7 nitrogen and oxygen atoms in total. The van der Waals surface area contributed by atoms with E-state index in [0.29, 0.717) is 0 Å². The van der Waals surface area contributed by atoms with Gasteiger partial charge in [0.05, 0.1) is 17.0 Å². The van der Waals surface area contributed by atoms with Crippen molar-refractivity contribution in [3.63, 3.8) is 0 Å². The summed E-state index contributed by atoms with van der Waals surface area (Å²) in [5.74, 6) is -6.81. The van der Waals surface area contributed by atoms with Crippen LogP contribution in [0.4, 0.5) is 33.3 Å². The number of hydrogen-bond acceptors (Lipinski definition) is 5. The van der Waals surface area contributed by atoms with Crippen molar-refractivity contribution in [2.75, 3.05) is 7.11 Å². The third kappa shape index (κ3) is 4.83. The van der Waals surface area contributed by atoms with Crippen LogP contribution >= 0.6 is 0 Å². The first-order chi connectivity index (χ1) is 11.6. The molecular formula is C13H7F5N2O5. The van der Waals surface area contributed by atoms with Crippen LogP contribution in [0, 0.1) is 49.3 Å². The molecule has 0 aliphatic heterocycles. The Kier molecular flexibility index (Phi) is 6.31. The van der Waals surface area contributed by atoms with Gasteiger partial charge in [0.15, 0.2) is 0 Å². The SMILES string of the molecule is COc1cc(F)c([N+](=O)[O-])c(F)c1.O=[N+]([O-])c1c(F)cc(F)cc1F. The van der Waals surface area contributed by atoms with E-state index in [1.807, 2.05) is 0 Å². The summed E-state index contributed by atoms with van der Waals surface area (Å²) in [7, 11) is 1.21. The predicted molar refractivity (Wildman–Crippen MR) is 72.5 cm³/mol. The zero-order valence-corrected chi connectivity index (χ0v) is 12.1. The summed E-state index contributed by atoms with van der Waals surface area (Å²) in [5.41, 5.74) is -2.50. The molecule has 2 aromatic carbocycles. The maximum Gasteiger partial charge on any atom is 0.340 e. The van der Waals surface area contributed by atoms with Crippen molar-refractivity contribution >= 4 is 11.4 Å². The van der Waals surface area contributed by atoms with Gasteiger partial charge in [-0.25, -0.2) is 4.39 Å². The number of benzene rings is 2. The lowest BCUT2D eigenvalue weighted by atomic mass is 10.3. The number of nitro benzene ring substituents is 2. The van der Waals surface area contributed by atoms with Gasteiger partial charge in [-0.2, -0.15) is 17.6 Å². The van der Waals surface area contributed by atoms with Crippen molar-refractivity contribution in [3.8, 4) is 5.75 Å². The van der Waals surface area contributed by atoms with E-state index in [4.69, 9.17) is 0 Å². The van der Waals surface area contributed by atoms with Crippen LogP contribution in [0.3, 0.4) is 0 Å². The molecule has 25 heavy (non-hydrogen) atoms. The minimum atomic E-state index is -1.52. The Bertz CT molecular complexity index is 784. The second kappa shape index (κ2) is 7.99. The first-order valence-electron chi connectivity index (χ1n) is 6.04. The summed E-state index contributed by atoms with van der Waals surface area (Å²) in [6.45, 7) is 0.